The zero-order valence-electron chi connectivity index (χ0n) is 11.4. The number of rotatable bonds is 4. The molecule has 0 saturated heterocycles. The fourth-order valence-corrected chi connectivity index (χ4v) is 2.47. The minimum Gasteiger partial charge on any atom is -0.378 e. The normalized spacial score (nSPS) is 10.4. The Hall–Kier alpha value is -1.68. The van der Waals surface area contributed by atoms with Gasteiger partial charge in [0, 0.05) is 36.2 Å². The van der Waals surface area contributed by atoms with Crippen LogP contribution in [0.1, 0.15) is 15.9 Å². The third-order valence-electron chi connectivity index (χ3n) is 2.97. The zero-order chi connectivity index (χ0) is 14.7. The van der Waals surface area contributed by atoms with Gasteiger partial charge in [-0.05, 0) is 35.9 Å². The summed E-state index contributed by atoms with van der Waals surface area (Å²) < 4.78 is 13.9. The molecule has 0 spiro atoms. The molecule has 0 aliphatic carbocycles. The first-order valence-corrected chi connectivity index (χ1v) is 7.00. The predicted molar refractivity (Wildman–Crippen MR) is 82.9 cm³/mol. The van der Waals surface area contributed by atoms with Crippen LogP contribution in [-0.2, 0) is 6.42 Å². The van der Waals surface area contributed by atoms with Crippen molar-refractivity contribution in [2.45, 2.75) is 6.42 Å². The van der Waals surface area contributed by atoms with Gasteiger partial charge in [-0.1, -0.05) is 28.1 Å². The molecule has 0 aliphatic heterocycles. The highest BCUT2D eigenvalue weighted by Gasteiger charge is 2.10. The van der Waals surface area contributed by atoms with Gasteiger partial charge in [-0.2, -0.15) is 0 Å². The van der Waals surface area contributed by atoms with Crippen LogP contribution in [0.5, 0.6) is 0 Å². The molecule has 4 heteroatoms. The molecule has 0 unspecified atom stereocenters. The molecule has 0 atom stereocenters. The molecule has 0 amide bonds. The van der Waals surface area contributed by atoms with Gasteiger partial charge < -0.3 is 4.90 Å². The summed E-state index contributed by atoms with van der Waals surface area (Å²) in [5.41, 5.74) is 2.27. The zero-order valence-corrected chi connectivity index (χ0v) is 12.9. The van der Waals surface area contributed by atoms with Gasteiger partial charge in [0.2, 0.25) is 0 Å². The van der Waals surface area contributed by atoms with Gasteiger partial charge in [0.25, 0.3) is 0 Å². The van der Waals surface area contributed by atoms with Crippen LogP contribution in [0.2, 0.25) is 0 Å². The van der Waals surface area contributed by atoms with Crippen molar-refractivity contribution in [3.8, 4) is 0 Å². The highest BCUT2D eigenvalue weighted by Crippen LogP contribution is 2.18. The minimum atomic E-state index is -0.343. The van der Waals surface area contributed by atoms with Crippen LogP contribution < -0.4 is 4.90 Å². The number of carbonyl (C=O) groups is 1. The number of anilines is 1. The first-order chi connectivity index (χ1) is 9.45. The molecule has 0 aliphatic rings. The van der Waals surface area contributed by atoms with Gasteiger partial charge in [0.1, 0.15) is 5.82 Å². The Bertz CT molecular complexity index is 620. The van der Waals surface area contributed by atoms with E-state index in [1.807, 2.05) is 37.2 Å². The fraction of sp³-hybridized carbons (Fsp3) is 0.188. The number of Topliss-reactive ketones (excluding diaryl/α,β-unsaturated/α-hetero) is 1. The predicted octanol–water partition coefficient (Wildman–Crippen LogP) is 4.08. The summed E-state index contributed by atoms with van der Waals surface area (Å²) >= 11 is 3.23. The highest BCUT2D eigenvalue weighted by atomic mass is 79.9. The maximum Gasteiger partial charge on any atom is 0.167 e. The molecule has 0 radical (unpaired) electrons. The van der Waals surface area contributed by atoms with Crippen molar-refractivity contribution >= 4 is 27.4 Å². The molecular weight excluding hydrogens is 321 g/mol. The van der Waals surface area contributed by atoms with Crippen molar-refractivity contribution in [2.75, 3.05) is 19.0 Å². The molecule has 0 fully saturated rings. The summed E-state index contributed by atoms with van der Waals surface area (Å²) in [6, 6.07) is 11.9. The van der Waals surface area contributed by atoms with Crippen molar-refractivity contribution < 1.29 is 9.18 Å². The number of ketones is 1. The van der Waals surface area contributed by atoms with E-state index in [1.165, 1.54) is 12.1 Å². The van der Waals surface area contributed by atoms with Crippen molar-refractivity contribution in [2.24, 2.45) is 0 Å². The van der Waals surface area contributed by atoms with Crippen molar-refractivity contribution in [3.63, 3.8) is 0 Å². The van der Waals surface area contributed by atoms with Gasteiger partial charge >= 0.3 is 0 Å². The first-order valence-electron chi connectivity index (χ1n) is 6.21. The molecule has 104 valence electrons. The monoisotopic (exact) mass is 335 g/mol. The Labute approximate surface area is 126 Å². The van der Waals surface area contributed by atoms with E-state index in [4.69, 9.17) is 0 Å². The molecule has 0 bridgehead atoms. The van der Waals surface area contributed by atoms with E-state index in [1.54, 1.807) is 12.1 Å². The van der Waals surface area contributed by atoms with Crippen molar-refractivity contribution in [3.05, 3.63) is 63.9 Å². The third kappa shape index (κ3) is 3.67. The molecule has 2 aromatic carbocycles. The lowest BCUT2D eigenvalue weighted by Crippen LogP contribution is -2.10. The van der Waals surface area contributed by atoms with Gasteiger partial charge in [0.15, 0.2) is 5.78 Å². The van der Waals surface area contributed by atoms with Gasteiger partial charge in [-0.3, -0.25) is 4.79 Å². The number of hydrogen-bond donors (Lipinski definition) is 0. The van der Waals surface area contributed by atoms with E-state index >= 15 is 0 Å². The van der Waals surface area contributed by atoms with Crippen LogP contribution in [0.3, 0.4) is 0 Å². The van der Waals surface area contributed by atoms with Crippen LogP contribution in [0.25, 0.3) is 0 Å². The topological polar surface area (TPSA) is 20.3 Å². The molecule has 2 aromatic rings. The first kappa shape index (κ1) is 14.7. The lowest BCUT2D eigenvalue weighted by Gasteiger charge is -2.13. The molecular formula is C16H15BrFNO. The average molecular weight is 336 g/mol. The molecule has 20 heavy (non-hydrogen) atoms. The SMILES string of the molecule is CN(C)c1cccc(C(=O)Cc2cc(F)cc(Br)c2)c1. The lowest BCUT2D eigenvalue weighted by atomic mass is 10.0. The summed E-state index contributed by atoms with van der Waals surface area (Å²) in [5.74, 6) is -0.365. The standard InChI is InChI=1S/C16H15BrFNO/c1-19(2)15-5-3-4-12(9-15)16(20)8-11-6-13(17)10-14(18)7-11/h3-7,9-10H,8H2,1-2H3. The van der Waals surface area contributed by atoms with E-state index in [0.29, 0.717) is 15.6 Å². The Kier molecular flexibility index (Phi) is 4.55. The van der Waals surface area contributed by atoms with E-state index in [-0.39, 0.29) is 18.0 Å². The van der Waals surface area contributed by atoms with Gasteiger partial charge in [0.05, 0.1) is 0 Å². The Balaban J connectivity index is 2.21. The van der Waals surface area contributed by atoms with Crippen LogP contribution in [0.4, 0.5) is 10.1 Å². The van der Waals surface area contributed by atoms with Gasteiger partial charge in [-0.25, -0.2) is 4.39 Å². The van der Waals surface area contributed by atoms with Crippen LogP contribution in [-0.4, -0.2) is 19.9 Å². The Morgan fingerprint density at radius 3 is 2.60 bits per heavy atom. The van der Waals surface area contributed by atoms with E-state index in [2.05, 4.69) is 15.9 Å². The maximum atomic E-state index is 13.3. The second-order valence-electron chi connectivity index (χ2n) is 4.82. The van der Waals surface area contributed by atoms with Crippen LogP contribution in [0, 0.1) is 5.82 Å². The quantitative estimate of drug-likeness (QED) is 0.784. The summed E-state index contributed by atoms with van der Waals surface area (Å²) in [4.78, 5) is 14.2. The Morgan fingerprint density at radius 1 is 1.20 bits per heavy atom. The third-order valence-corrected chi connectivity index (χ3v) is 3.43. The molecule has 2 nitrogen and oxygen atoms in total. The van der Waals surface area contributed by atoms with Crippen LogP contribution in [0.15, 0.2) is 46.9 Å². The number of benzene rings is 2. The van der Waals surface area contributed by atoms with Crippen molar-refractivity contribution in [1.29, 1.82) is 0 Å². The Morgan fingerprint density at radius 2 is 1.95 bits per heavy atom. The fourth-order valence-electron chi connectivity index (χ4n) is 1.96. The summed E-state index contributed by atoms with van der Waals surface area (Å²) in [5, 5.41) is 0. The highest BCUT2D eigenvalue weighted by molar-refractivity contribution is 9.10. The largest absolute Gasteiger partial charge is 0.378 e. The maximum absolute atomic E-state index is 13.3. The summed E-state index contributed by atoms with van der Waals surface area (Å²) in [6.07, 6.45) is 0.188. The minimum absolute atomic E-state index is 0.0220. The smallest absolute Gasteiger partial charge is 0.167 e. The summed E-state index contributed by atoms with van der Waals surface area (Å²) in [6.45, 7) is 0. The van der Waals surface area contributed by atoms with Gasteiger partial charge in [-0.15, -0.1) is 0 Å². The van der Waals surface area contributed by atoms with E-state index < -0.39 is 0 Å². The molecule has 0 N–H and O–H groups in total. The number of hydrogen-bond acceptors (Lipinski definition) is 2. The average Bonchev–Trinajstić information content (AvgIpc) is 2.37. The number of halogens is 2. The van der Waals surface area contributed by atoms with Crippen molar-refractivity contribution in [1.82, 2.24) is 0 Å². The number of carbonyl (C=O) groups excluding carboxylic acids is 1. The second kappa shape index (κ2) is 6.18. The summed E-state index contributed by atoms with van der Waals surface area (Å²) in [7, 11) is 3.85. The lowest BCUT2D eigenvalue weighted by molar-refractivity contribution is 0.0993. The van der Waals surface area contributed by atoms with Crippen LogP contribution >= 0.6 is 15.9 Å². The molecule has 0 saturated carbocycles. The van der Waals surface area contributed by atoms with E-state index in [0.717, 1.165) is 5.69 Å². The molecule has 0 heterocycles. The second-order valence-corrected chi connectivity index (χ2v) is 5.74. The number of nitrogens with zero attached hydrogens (tertiary/aromatic N) is 1. The molecule has 2 rings (SSSR count). The van der Waals surface area contributed by atoms with E-state index in [9.17, 15) is 9.18 Å². The molecule has 0 aromatic heterocycles.